The Kier molecular flexibility index (Phi) is 5.53. The van der Waals surface area contributed by atoms with Crippen molar-refractivity contribution >= 4 is 17.6 Å². The Hall–Kier alpha value is -2.45. The molecule has 0 aliphatic heterocycles. The van der Waals surface area contributed by atoms with E-state index in [9.17, 15) is 19.7 Å². The molecule has 0 radical (unpaired) electrons. The molecule has 2 N–H and O–H groups in total. The number of imide groups is 1. The van der Waals surface area contributed by atoms with Crippen LogP contribution in [0.25, 0.3) is 0 Å². The fraction of sp³-hybridized carbons (Fsp3) is 0.667. The van der Waals surface area contributed by atoms with E-state index in [0.717, 1.165) is 25.7 Å². The van der Waals surface area contributed by atoms with Crippen LogP contribution in [-0.2, 0) is 11.3 Å². The third-order valence-corrected chi connectivity index (χ3v) is 4.50. The van der Waals surface area contributed by atoms with Crippen LogP contribution in [0.1, 0.15) is 44.0 Å². The molecule has 2 atom stereocenters. The smallest absolute Gasteiger partial charge is 0.321 e. The SMILES string of the molecule is Cc1nn(CC(=O)NC(=O)N[C@@H]2CCCC[C@@H]2C)c(C)c1[N+](=O)[O-]. The van der Waals surface area contributed by atoms with Crippen molar-refractivity contribution in [3.63, 3.8) is 0 Å². The second-order valence-electron chi connectivity index (χ2n) is 6.32. The van der Waals surface area contributed by atoms with Crippen molar-refractivity contribution in [1.29, 1.82) is 0 Å². The number of aryl methyl sites for hydroxylation is 1. The first kappa shape index (κ1) is 17.9. The summed E-state index contributed by atoms with van der Waals surface area (Å²) >= 11 is 0. The number of hydrogen-bond donors (Lipinski definition) is 2. The van der Waals surface area contributed by atoms with Gasteiger partial charge in [-0.3, -0.25) is 24.9 Å². The monoisotopic (exact) mass is 337 g/mol. The molecule has 0 bridgehead atoms. The second kappa shape index (κ2) is 7.41. The Morgan fingerprint density at radius 1 is 1.33 bits per heavy atom. The summed E-state index contributed by atoms with van der Waals surface area (Å²) < 4.78 is 1.24. The highest BCUT2D eigenvalue weighted by molar-refractivity contribution is 5.94. The van der Waals surface area contributed by atoms with Gasteiger partial charge in [-0.25, -0.2) is 4.79 Å². The molecule has 3 amide bonds. The summed E-state index contributed by atoms with van der Waals surface area (Å²) in [6, 6.07) is -0.462. The number of aromatic nitrogens is 2. The van der Waals surface area contributed by atoms with Gasteiger partial charge in [0, 0.05) is 6.04 Å². The molecule has 24 heavy (non-hydrogen) atoms. The van der Waals surface area contributed by atoms with Crippen molar-refractivity contribution in [3.05, 3.63) is 21.5 Å². The lowest BCUT2D eigenvalue weighted by molar-refractivity contribution is -0.386. The zero-order valence-corrected chi connectivity index (χ0v) is 14.2. The number of hydrogen-bond acceptors (Lipinski definition) is 5. The van der Waals surface area contributed by atoms with Crippen molar-refractivity contribution in [3.8, 4) is 0 Å². The molecular weight excluding hydrogens is 314 g/mol. The average Bonchev–Trinajstić information content (AvgIpc) is 2.75. The molecule has 9 nitrogen and oxygen atoms in total. The molecule has 1 aromatic rings. The van der Waals surface area contributed by atoms with Crippen LogP contribution in [0.3, 0.4) is 0 Å². The van der Waals surface area contributed by atoms with Crippen LogP contribution >= 0.6 is 0 Å². The summed E-state index contributed by atoms with van der Waals surface area (Å²) in [6.45, 7) is 4.88. The topological polar surface area (TPSA) is 119 Å². The van der Waals surface area contributed by atoms with Crippen LogP contribution in [0.2, 0.25) is 0 Å². The third kappa shape index (κ3) is 4.09. The summed E-state index contributed by atoms with van der Waals surface area (Å²) in [5.74, 6) is -0.172. The Bertz CT molecular complexity index is 655. The number of nitrogens with one attached hydrogen (secondary N) is 2. The minimum absolute atomic E-state index is 0.0707. The molecule has 132 valence electrons. The van der Waals surface area contributed by atoms with Gasteiger partial charge in [0.25, 0.3) is 0 Å². The fourth-order valence-corrected chi connectivity index (χ4v) is 3.14. The maximum atomic E-state index is 12.0. The third-order valence-electron chi connectivity index (χ3n) is 4.50. The quantitative estimate of drug-likeness (QED) is 0.641. The molecule has 1 heterocycles. The first-order valence-corrected chi connectivity index (χ1v) is 8.08. The van der Waals surface area contributed by atoms with E-state index in [-0.39, 0.29) is 29.7 Å². The Labute approximate surface area is 139 Å². The molecule has 2 rings (SSSR count). The Morgan fingerprint density at radius 2 is 2.00 bits per heavy atom. The van der Waals surface area contributed by atoms with Crippen molar-refractivity contribution in [1.82, 2.24) is 20.4 Å². The summed E-state index contributed by atoms with van der Waals surface area (Å²) in [4.78, 5) is 34.4. The Balaban J connectivity index is 1.92. The van der Waals surface area contributed by atoms with Gasteiger partial charge in [-0.05, 0) is 32.6 Å². The first-order chi connectivity index (χ1) is 11.3. The number of rotatable bonds is 4. The number of carbonyl (C=O) groups is 2. The summed E-state index contributed by atoms with van der Waals surface area (Å²) in [5.41, 5.74) is 0.419. The maximum absolute atomic E-state index is 12.0. The zero-order valence-electron chi connectivity index (χ0n) is 14.2. The van der Waals surface area contributed by atoms with Crippen LogP contribution in [0.15, 0.2) is 0 Å². The van der Waals surface area contributed by atoms with E-state index in [2.05, 4.69) is 22.7 Å². The standard InChI is InChI=1S/C15H23N5O4/c1-9-6-4-5-7-12(9)16-15(22)17-13(21)8-19-11(3)14(20(23)24)10(2)18-19/h9,12H,4-8H2,1-3H3,(H2,16,17,21,22)/t9-,12+/m0/s1. The van der Waals surface area contributed by atoms with Gasteiger partial charge in [-0.15, -0.1) is 0 Å². The molecule has 1 aliphatic rings. The highest BCUT2D eigenvalue weighted by Gasteiger charge is 2.25. The van der Waals surface area contributed by atoms with E-state index in [1.54, 1.807) is 0 Å². The second-order valence-corrected chi connectivity index (χ2v) is 6.32. The highest BCUT2D eigenvalue weighted by Crippen LogP contribution is 2.23. The summed E-state index contributed by atoms with van der Waals surface area (Å²) in [7, 11) is 0. The van der Waals surface area contributed by atoms with Crippen molar-refractivity contribution in [2.45, 2.75) is 59.0 Å². The number of amides is 3. The number of urea groups is 1. The molecule has 0 spiro atoms. The van der Waals surface area contributed by atoms with Crippen LogP contribution in [-0.4, -0.2) is 32.7 Å². The van der Waals surface area contributed by atoms with Gasteiger partial charge in [0.1, 0.15) is 17.9 Å². The summed E-state index contributed by atoms with van der Waals surface area (Å²) in [6.07, 6.45) is 4.20. The largest absolute Gasteiger partial charge is 0.335 e. The molecule has 1 aromatic heterocycles. The lowest BCUT2D eigenvalue weighted by Crippen LogP contribution is -2.48. The minimum Gasteiger partial charge on any atom is -0.335 e. The predicted octanol–water partition coefficient (Wildman–Crippen LogP) is 1.81. The van der Waals surface area contributed by atoms with Gasteiger partial charge in [0.15, 0.2) is 0 Å². The van der Waals surface area contributed by atoms with E-state index in [1.165, 1.54) is 18.5 Å². The predicted molar refractivity (Wildman–Crippen MR) is 86.4 cm³/mol. The molecular formula is C15H23N5O4. The number of nitro groups is 1. The van der Waals surface area contributed by atoms with Crippen molar-refractivity contribution in [2.24, 2.45) is 5.92 Å². The zero-order chi connectivity index (χ0) is 17.9. The summed E-state index contributed by atoms with van der Waals surface area (Å²) in [5, 5.41) is 20.0. The minimum atomic E-state index is -0.559. The van der Waals surface area contributed by atoms with Crippen LogP contribution in [0, 0.1) is 29.9 Å². The van der Waals surface area contributed by atoms with E-state index < -0.39 is 16.9 Å². The first-order valence-electron chi connectivity index (χ1n) is 8.08. The van der Waals surface area contributed by atoms with E-state index >= 15 is 0 Å². The molecule has 1 aliphatic carbocycles. The van der Waals surface area contributed by atoms with Crippen LogP contribution in [0.5, 0.6) is 0 Å². The molecule has 0 aromatic carbocycles. The van der Waals surface area contributed by atoms with E-state index in [0.29, 0.717) is 5.92 Å². The van der Waals surface area contributed by atoms with Gasteiger partial charge in [0.2, 0.25) is 5.91 Å². The maximum Gasteiger partial charge on any atom is 0.321 e. The molecule has 0 unspecified atom stereocenters. The van der Waals surface area contributed by atoms with Crippen LogP contribution < -0.4 is 10.6 Å². The van der Waals surface area contributed by atoms with Gasteiger partial charge >= 0.3 is 11.7 Å². The van der Waals surface area contributed by atoms with E-state index in [4.69, 9.17) is 0 Å². The van der Waals surface area contributed by atoms with Crippen molar-refractivity contribution in [2.75, 3.05) is 0 Å². The molecule has 9 heteroatoms. The van der Waals surface area contributed by atoms with Gasteiger partial charge < -0.3 is 5.32 Å². The van der Waals surface area contributed by atoms with Crippen LogP contribution in [0.4, 0.5) is 10.5 Å². The van der Waals surface area contributed by atoms with Gasteiger partial charge in [-0.1, -0.05) is 19.8 Å². The number of nitrogens with zero attached hydrogens (tertiary/aromatic N) is 3. The normalized spacial score (nSPS) is 20.5. The Morgan fingerprint density at radius 3 is 2.58 bits per heavy atom. The number of carbonyl (C=O) groups excluding carboxylic acids is 2. The van der Waals surface area contributed by atoms with Crippen molar-refractivity contribution < 1.29 is 14.5 Å². The highest BCUT2D eigenvalue weighted by atomic mass is 16.6. The molecule has 1 fully saturated rings. The van der Waals surface area contributed by atoms with Gasteiger partial charge in [0.05, 0.1) is 4.92 Å². The average molecular weight is 337 g/mol. The molecule has 1 saturated carbocycles. The fourth-order valence-electron chi connectivity index (χ4n) is 3.14. The lowest BCUT2D eigenvalue weighted by atomic mass is 9.86. The van der Waals surface area contributed by atoms with E-state index in [1.807, 2.05) is 0 Å². The van der Waals surface area contributed by atoms with Gasteiger partial charge in [-0.2, -0.15) is 5.10 Å². The molecule has 0 saturated heterocycles. The lowest BCUT2D eigenvalue weighted by Gasteiger charge is -2.29.